The van der Waals surface area contributed by atoms with Crippen LogP contribution in [-0.4, -0.2) is 35.5 Å². The van der Waals surface area contributed by atoms with Gasteiger partial charge in [0, 0.05) is 12.7 Å². The van der Waals surface area contributed by atoms with E-state index in [-0.39, 0.29) is 29.5 Å². The third-order valence-corrected chi connectivity index (χ3v) is 9.17. The number of cyclic esters (lactones) is 1. The fourth-order valence-electron chi connectivity index (χ4n) is 7.82. The van der Waals surface area contributed by atoms with Crippen molar-refractivity contribution in [3.63, 3.8) is 0 Å². The van der Waals surface area contributed by atoms with Gasteiger partial charge in [0.25, 0.3) is 0 Å². The van der Waals surface area contributed by atoms with Gasteiger partial charge in [-0.05, 0) is 91.4 Å². The van der Waals surface area contributed by atoms with E-state index in [2.05, 4.69) is 13.0 Å². The van der Waals surface area contributed by atoms with E-state index in [0.717, 1.165) is 44.9 Å². The molecule has 27 heavy (non-hydrogen) atoms. The maximum Gasteiger partial charge on any atom is 0.331 e. The van der Waals surface area contributed by atoms with Crippen molar-refractivity contribution >= 4 is 5.97 Å². The van der Waals surface area contributed by atoms with Crippen LogP contribution < -0.4 is 0 Å². The maximum absolute atomic E-state index is 11.6. The van der Waals surface area contributed by atoms with E-state index >= 15 is 0 Å². The van der Waals surface area contributed by atoms with Crippen LogP contribution in [0, 0.1) is 34.5 Å². The minimum Gasteiger partial charge on any atom is -0.458 e. The summed E-state index contributed by atoms with van der Waals surface area (Å²) in [5.41, 5.74) is 2.92. The highest BCUT2D eigenvalue weighted by molar-refractivity contribution is 5.85. The first-order valence-corrected chi connectivity index (χ1v) is 10.8. The monoisotopic (exact) mass is 372 g/mol. The molecular formula is C23H32O4. The van der Waals surface area contributed by atoms with Gasteiger partial charge in [0.15, 0.2) is 0 Å². The van der Waals surface area contributed by atoms with E-state index in [0.29, 0.717) is 30.3 Å². The van der Waals surface area contributed by atoms with Gasteiger partial charge in [0.1, 0.15) is 6.61 Å². The second kappa shape index (κ2) is 6.18. The molecule has 4 nitrogen and oxygen atoms in total. The summed E-state index contributed by atoms with van der Waals surface area (Å²) < 4.78 is 5.21. The lowest BCUT2D eigenvalue weighted by Gasteiger charge is -2.60. The molecule has 0 aromatic rings. The first-order valence-electron chi connectivity index (χ1n) is 10.8. The van der Waals surface area contributed by atoms with Gasteiger partial charge < -0.3 is 14.9 Å². The predicted octanol–water partition coefficient (Wildman–Crippen LogP) is 3.38. The Bertz CT molecular complexity index is 709. The molecule has 0 radical (unpaired) electrons. The quantitative estimate of drug-likeness (QED) is 0.576. The Morgan fingerprint density at radius 1 is 1.22 bits per heavy atom. The molecule has 4 aliphatic carbocycles. The van der Waals surface area contributed by atoms with E-state index in [1.807, 2.05) is 0 Å². The van der Waals surface area contributed by atoms with Crippen LogP contribution in [0.25, 0.3) is 0 Å². The Kier molecular flexibility index (Phi) is 4.11. The molecule has 0 amide bonds. The van der Waals surface area contributed by atoms with E-state index in [1.165, 1.54) is 12.0 Å². The average molecular weight is 373 g/mol. The van der Waals surface area contributed by atoms with Gasteiger partial charge in [0.2, 0.25) is 0 Å². The van der Waals surface area contributed by atoms with Gasteiger partial charge in [-0.1, -0.05) is 18.6 Å². The summed E-state index contributed by atoms with van der Waals surface area (Å²) in [4.78, 5) is 11.6. The average Bonchev–Trinajstić information content (AvgIpc) is 3.23. The van der Waals surface area contributed by atoms with Crippen LogP contribution in [0.3, 0.4) is 0 Å². The number of hydrogen-bond acceptors (Lipinski definition) is 4. The molecule has 2 N–H and O–H groups in total. The normalized spacial score (nSPS) is 48.9. The van der Waals surface area contributed by atoms with Gasteiger partial charge in [-0.25, -0.2) is 4.79 Å². The molecule has 0 unspecified atom stereocenters. The summed E-state index contributed by atoms with van der Waals surface area (Å²) in [6.07, 6.45) is 12.3. The molecule has 5 aliphatic rings. The molecule has 5 rings (SSSR count). The number of aliphatic hydroxyl groups is 2. The smallest absolute Gasteiger partial charge is 0.331 e. The van der Waals surface area contributed by atoms with Crippen molar-refractivity contribution in [2.45, 2.75) is 64.4 Å². The zero-order chi connectivity index (χ0) is 18.8. The number of allylic oxidation sites excluding steroid dienone is 2. The minimum atomic E-state index is -0.184. The molecule has 0 aromatic heterocycles. The van der Waals surface area contributed by atoms with E-state index < -0.39 is 0 Å². The maximum atomic E-state index is 11.6. The van der Waals surface area contributed by atoms with Crippen molar-refractivity contribution in [3.8, 4) is 0 Å². The van der Waals surface area contributed by atoms with Crippen LogP contribution in [0.2, 0.25) is 0 Å². The molecule has 0 saturated heterocycles. The molecule has 4 heteroatoms. The molecule has 1 aliphatic heterocycles. The van der Waals surface area contributed by atoms with Crippen molar-refractivity contribution in [1.82, 2.24) is 0 Å². The van der Waals surface area contributed by atoms with Crippen LogP contribution in [-0.2, 0) is 9.53 Å². The highest BCUT2D eigenvalue weighted by Crippen LogP contribution is 2.66. The minimum absolute atomic E-state index is 0.00804. The van der Waals surface area contributed by atoms with E-state index in [9.17, 15) is 15.0 Å². The number of carbonyl (C=O) groups is 1. The summed E-state index contributed by atoms with van der Waals surface area (Å²) in [6.45, 7) is 3.14. The van der Waals surface area contributed by atoms with Gasteiger partial charge in [-0.15, -0.1) is 0 Å². The molecule has 0 spiro atoms. The van der Waals surface area contributed by atoms with Gasteiger partial charge in [0.05, 0.1) is 6.10 Å². The van der Waals surface area contributed by atoms with E-state index in [1.54, 1.807) is 11.6 Å². The summed E-state index contributed by atoms with van der Waals surface area (Å²) in [7, 11) is 0. The third-order valence-electron chi connectivity index (χ3n) is 9.17. The number of fused-ring (bicyclic) bond motifs is 5. The molecule has 148 valence electrons. The van der Waals surface area contributed by atoms with Gasteiger partial charge >= 0.3 is 5.97 Å². The van der Waals surface area contributed by atoms with E-state index in [4.69, 9.17) is 4.74 Å². The van der Waals surface area contributed by atoms with Crippen LogP contribution in [0.5, 0.6) is 0 Å². The number of hydrogen-bond donors (Lipinski definition) is 2. The zero-order valence-corrected chi connectivity index (χ0v) is 16.3. The van der Waals surface area contributed by atoms with Crippen molar-refractivity contribution in [1.29, 1.82) is 0 Å². The first-order chi connectivity index (χ1) is 13.0. The Hall–Kier alpha value is -1.13. The van der Waals surface area contributed by atoms with Gasteiger partial charge in [-0.2, -0.15) is 0 Å². The van der Waals surface area contributed by atoms with Crippen LogP contribution in [0.4, 0.5) is 0 Å². The molecule has 3 saturated carbocycles. The van der Waals surface area contributed by atoms with Crippen LogP contribution >= 0.6 is 0 Å². The first kappa shape index (κ1) is 17.9. The van der Waals surface area contributed by atoms with Crippen molar-refractivity contribution in [2.24, 2.45) is 34.5 Å². The lowest BCUT2D eigenvalue weighted by Crippen LogP contribution is -2.55. The topological polar surface area (TPSA) is 66.8 Å². The molecular weight excluding hydrogens is 340 g/mol. The predicted molar refractivity (Wildman–Crippen MR) is 102 cm³/mol. The number of esters is 1. The number of ether oxygens (including phenoxy) is 1. The largest absolute Gasteiger partial charge is 0.458 e. The molecule has 0 bridgehead atoms. The van der Waals surface area contributed by atoms with Gasteiger partial charge in [-0.3, -0.25) is 0 Å². The van der Waals surface area contributed by atoms with Crippen molar-refractivity contribution < 1.29 is 19.7 Å². The Balaban J connectivity index is 1.45. The Morgan fingerprint density at radius 3 is 2.81 bits per heavy atom. The highest BCUT2D eigenvalue weighted by atomic mass is 16.5. The van der Waals surface area contributed by atoms with Crippen molar-refractivity contribution in [2.75, 3.05) is 13.2 Å². The fraction of sp³-hybridized carbons (Fsp3) is 0.783. The second-order valence-corrected chi connectivity index (χ2v) is 10.0. The second-order valence-electron chi connectivity index (χ2n) is 10.0. The molecule has 0 aromatic carbocycles. The van der Waals surface area contributed by atoms with Crippen LogP contribution in [0.15, 0.2) is 23.3 Å². The SMILES string of the molecule is C[C@]12CC[C@@H]3[C@H](CC[C@H]4C[C@@H](O)CC[C@@]43CO)C1=CC[C@@H]2C1=CC(=O)OC1. The summed E-state index contributed by atoms with van der Waals surface area (Å²) in [6, 6.07) is 0. The third kappa shape index (κ3) is 2.45. The molecule has 7 atom stereocenters. The molecule has 1 heterocycles. The molecule has 3 fully saturated rings. The summed E-state index contributed by atoms with van der Waals surface area (Å²) in [5, 5.41) is 20.7. The summed E-state index contributed by atoms with van der Waals surface area (Å²) >= 11 is 0. The Labute approximate surface area is 161 Å². The van der Waals surface area contributed by atoms with Crippen molar-refractivity contribution in [3.05, 3.63) is 23.3 Å². The lowest BCUT2D eigenvalue weighted by molar-refractivity contribution is -0.135. The van der Waals surface area contributed by atoms with Crippen LogP contribution in [0.1, 0.15) is 58.3 Å². The fourth-order valence-corrected chi connectivity index (χ4v) is 7.82. The highest BCUT2D eigenvalue weighted by Gasteiger charge is 2.59. The zero-order valence-electron chi connectivity index (χ0n) is 16.3. The number of rotatable bonds is 2. The summed E-state index contributed by atoms with van der Waals surface area (Å²) in [5.74, 6) is 1.79. The lowest BCUT2D eigenvalue weighted by atomic mass is 9.45. The standard InChI is InChI=1S/C23H32O4/c1-22-8-7-20-17(3-2-15-11-16(25)6-9-23(15,20)13-24)19(22)5-4-18(22)14-10-21(26)27-12-14/h5,10,15-18,20,24-25H,2-4,6-9,11-13H2,1H3/t15-,16-,17+,18+,20+,22+,23+/m0/s1. The number of carbonyl (C=O) groups excluding carboxylic acids is 1. The Morgan fingerprint density at radius 2 is 2.07 bits per heavy atom. The number of aliphatic hydroxyl groups excluding tert-OH is 2.